The zero-order chi connectivity index (χ0) is 22.8. The van der Waals surface area contributed by atoms with E-state index in [9.17, 15) is 14.9 Å². The van der Waals surface area contributed by atoms with E-state index in [0.29, 0.717) is 33.7 Å². The fourth-order valence-electron chi connectivity index (χ4n) is 3.88. The van der Waals surface area contributed by atoms with Gasteiger partial charge in [-0.3, -0.25) is 9.59 Å². The summed E-state index contributed by atoms with van der Waals surface area (Å²) < 4.78 is 0. The summed E-state index contributed by atoms with van der Waals surface area (Å²) in [5.74, 6) is -0.233. The van der Waals surface area contributed by atoms with Crippen LogP contribution in [0.25, 0.3) is 22.3 Å². The van der Waals surface area contributed by atoms with Gasteiger partial charge in [0.25, 0.3) is 5.91 Å². The van der Waals surface area contributed by atoms with Gasteiger partial charge in [-0.15, -0.1) is 10.2 Å². The maximum atomic E-state index is 13.0. The number of carbonyl (C=O) groups is 2. The normalized spacial score (nSPS) is 15.3. The summed E-state index contributed by atoms with van der Waals surface area (Å²) in [5.41, 5.74) is 2.87. The highest BCUT2D eigenvalue weighted by Crippen LogP contribution is 2.28. The second kappa shape index (κ2) is 8.52. The summed E-state index contributed by atoms with van der Waals surface area (Å²) in [5, 5.41) is 32.8. The van der Waals surface area contributed by atoms with Gasteiger partial charge in [-0.2, -0.15) is 10.5 Å². The third-order valence-electron chi connectivity index (χ3n) is 5.52. The van der Waals surface area contributed by atoms with Gasteiger partial charge >= 0.3 is 0 Å². The molecule has 2 amide bonds. The fourth-order valence-corrected chi connectivity index (χ4v) is 3.88. The quantitative estimate of drug-likeness (QED) is 0.317. The molecule has 0 radical (unpaired) electrons. The Kier molecular flexibility index (Phi) is 5.26. The van der Waals surface area contributed by atoms with Crippen molar-refractivity contribution in [1.29, 1.82) is 5.26 Å². The summed E-state index contributed by atoms with van der Waals surface area (Å²) in [4.78, 5) is 28.7. The highest BCUT2D eigenvalue weighted by Gasteiger charge is 2.23. The van der Waals surface area contributed by atoms with Crippen LogP contribution in [0.15, 0.2) is 42.5 Å². The number of tetrazole rings is 1. The van der Waals surface area contributed by atoms with E-state index >= 15 is 0 Å². The van der Waals surface area contributed by atoms with E-state index in [1.807, 2.05) is 12.1 Å². The van der Waals surface area contributed by atoms with Crippen molar-refractivity contribution in [1.82, 2.24) is 30.9 Å². The van der Waals surface area contributed by atoms with Gasteiger partial charge < -0.3 is 20.9 Å². The van der Waals surface area contributed by atoms with Crippen LogP contribution in [0.2, 0.25) is 0 Å². The number of carbonyl (C=O) groups excluding carboxylic acids is 2. The number of fused-ring (bicyclic) bond motifs is 1. The smallest absolute Gasteiger partial charge is 0.272 e. The number of hydrogen-bond donors (Lipinski definition) is 5. The molecule has 1 aliphatic rings. The van der Waals surface area contributed by atoms with Crippen LogP contribution in [0.4, 0.5) is 11.4 Å². The summed E-state index contributed by atoms with van der Waals surface area (Å²) >= 11 is 0. The minimum absolute atomic E-state index is 0.0945. The molecule has 0 aliphatic carbocycles. The van der Waals surface area contributed by atoms with Crippen molar-refractivity contribution in [3.05, 3.63) is 53.7 Å². The molecule has 164 valence electrons. The Labute approximate surface area is 187 Å². The zero-order valence-electron chi connectivity index (χ0n) is 17.3. The molecule has 2 aromatic carbocycles. The third kappa shape index (κ3) is 4.02. The molecule has 5 rings (SSSR count). The molecule has 0 spiro atoms. The predicted molar refractivity (Wildman–Crippen MR) is 120 cm³/mol. The van der Waals surface area contributed by atoms with Gasteiger partial charge in [0.1, 0.15) is 5.69 Å². The van der Waals surface area contributed by atoms with Crippen molar-refractivity contribution in [2.75, 3.05) is 17.2 Å². The largest absolute Gasteiger partial charge is 0.349 e. The first-order valence-corrected chi connectivity index (χ1v) is 10.4. The average molecular weight is 441 g/mol. The van der Waals surface area contributed by atoms with Crippen LogP contribution >= 0.6 is 0 Å². The second-order valence-corrected chi connectivity index (χ2v) is 7.65. The molecule has 1 aliphatic heterocycles. The topological polar surface area (TPSA) is 164 Å². The summed E-state index contributed by atoms with van der Waals surface area (Å²) in [6.45, 7) is 0.830. The number of benzene rings is 2. The number of aromatic nitrogens is 5. The van der Waals surface area contributed by atoms with Gasteiger partial charge in [0.2, 0.25) is 11.7 Å². The minimum atomic E-state index is -0.393. The van der Waals surface area contributed by atoms with Crippen molar-refractivity contribution in [3.8, 4) is 17.5 Å². The van der Waals surface area contributed by atoms with Crippen molar-refractivity contribution >= 4 is 34.1 Å². The molecule has 0 bridgehead atoms. The van der Waals surface area contributed by atoms with Gasteiger partial charge in [0, 0.05) is 10.9 Å². The molecule has 0 unspecified atom stereocenters. The Bertz CT molecular complexity index is 1380. The second-order valence-electron chi connectivity index (χ2n) is 7.65. The average Bonchev–Trinajstić information content (AvgIpc) is 3.61. The lowest BCUT2D eigenvalue weighted by atomic mass is 10.1. The SMILES string of the molecule is N#Cc1ccc(NC(=O)c2cc3cccc(NC(=O)[C@H]4CCCN4)c3[nH]2)c(-c2nn[nH]n2)c1. The van der Waals surface area contributed by atoms with Gasteiger partial charge in [-0.1, -0.05) is 12.1 Å². The number of para-hydroxylation sites is 1. The maximum Gasteiger partial charge on any atom is 0.272 e. The van der Waals surface area contributed by atoms with E-state index in [0.717, 1.165) is 24.8 Å². The summed E-state index contributed by atoms with van der Waals surface area (Å²) in [7, 11) is 0. The number of anilines is 2. The van der Waals surface area contributed by atoms with Crippen LogP contribution < -0.4 is 16.0 Å². The van der Waals surface area contributed by atoms with Crippen molar-refractivity contribution < 1.29 is 9.59 Å². The number of nitrogens with one attached hydrogen (secondary N) is 5. The summed E-state index contributed by atoms with van der Waals surface area (Å²) in [6.07, 6.45) is 1.77. The molecule has 0 saturated carbocycles. The molecule has 3 heterocycles. The van der Waals surface area contributed by atoms with Crippen LogP contribution in [-0.4, -0.2) is 50.0 Å². The summed E-state index contributed by atoms with van der Waals surface area (Å²) in [6, 6.07) is 13.8. The van der Waals surface area contributed by atoms with Crippen LogP contribution in [0, 0.1) is 11.3 Å². The van der Waals surface area contributed by atoms with E-state index < -0.39 is 5.91 Å². The number of nitriles is 1. The third-order valence-corrected chi connectivity index (χ3v) is 5.52. The van der Waals surface area contributed by atoms with E-state index in [2.05, 4.69) is 47.6 Å². The van der Waals surface area contributed by atoms with E-state index in [1.165, 1.54) is 0 Å². The molecular weight excluding hydrogens is 422 g/mol. The molecule has 11 heteroatoms. The predicted octanol–water partition coefficient (Wildman–Crippen LogP) is 2.16. The molecule has 1 fully saturated rings. The number of H-pyrrole nitrogens is 2. The first-order chi connectivity index (χ1) is 16.1. The lowest BCUT2D eigenvalue weighted by Crippen LogP contribution is -2.35. The Balaban J connectivity index is 1.42. The maximum absolute atomic E-state index is 13.0. The first kappa shape index (κ1) is 20.3. The van der Waals surface area contributed by atoms with Crippen LogP contribution in [-0.2, 0) is 4.79 Å². The fraction of sp³-hybridized carbons (Fsp3) is 0.182. The van der Waals surface area contributed by atoms with E-state index in [4.69, 9.17) is 0 Å². The number of rotatable bonds is 5. The van der Waals surface area contributed by atoms with E-state index in [1.54, 1.807) is 30.3 Å². The molecule has 11 nitrogen and oxygen atoms in total. The number of aromatic amines is 2. The standard InChI is InChI=1S/C22H19N9O2/c23-11-12-6-7-15(14(9-12)20-28-30-31-29-20)26-22(33)18-10-13-3-1-4-16(19(13)25-18)27-21(32)17-5-2-8-24-17/h1,3-4,6-7,9-10,17,24-25H,2,5,8H2,(H,26,33)(H,27,32)(H,28,29,30,31)/t17-/m1/s1. The monoisotopic (exact) mass is 441 g/mol. The molecular formula is C22H19N9O2. The Morgan fingerprint density at radius 2 is 2.03 bits per heavy atom. The highest BCUT2D eigenvalue weighted by atomic mass is 16.2. The van der Waals surface area contributed by atoms with Crippen molar-refractivity contribution in [2.24, 2.45) is 0 Å². The van der Waals surface area contributed by atoms with Crippen molar-refractivity contribution in [3.63, 3.8) is 0 Å². The molecule has 1 atom stereocenters. The highest BCUT2D eigenvalue weighted by molar-refractivity contribution is 6.10. The molecule has 5 N–H and O–H groups in total. The first-order valence-electron chi connectivity index (χ1n) is 10.4. The Hall–Kier alpha value is -4.56. The molecule has 1 saturated heterocycles. The van der Waals surface area contributed by atoms with Crippen LogP contribution in [0.5, 0.6) is 0 Å². The minimum Gasteiger partial charge on any atom is -0.349 e. The zero-order valence-corrected chi connectivity index (χ0v) is 17.3. The van der Waals surface area contributed by atoms with Crippen LogP contribution in [0.3, 0.4) is 0 Å². The molecule has 2 aromatic heterocycles. The van der Waals surface area contributed by atoms with Gasteiger partial charge in [0.05, 0.1) is 34.6 Å². The lowest BCUT2D eigenvalue weighted by Gasteiger charge is -2.11. The van der Waals surface area contributed by atoms with Crippen LogP contribution in [0.1, 0.15) is 28.9 Å². The molecule has 4 aromatic rings. The Morgan fingerprint density at radius 1 is 1.12 bits per heavy atom. The number of nitrogens with zero attached hydrogens (tertiary/aromatic N) is 4. The Morgan fingerprint density at radius 3 is 2.79 bits per heavy atom. The lowest BCUT2D eigenvalue weighted by molar-refractivity contribution is -0.117. The van der Waals surface area contributed by atoms with Gasteiger partial charge in [0.15, 0.2) is 0 Å². The number of hydrogen-bond acceptors (Lipinski definition) is 7. The van der Waals surface area contributed by atoms with Crippen molar-refractivity contribution in [2.45, 2.75) is 18.9 Å². The number of amides is 2. The van der Waals surface area contributed by atoms with Gasteiger partial charge in [-0.25, -0.2) is 0 Å². The van der Waals surface area contributed by atoms with E-state index in [-0.39, 0.29) is 17.8 Å². The van der Waals surface area contributed by atoms with Gasteiger partial charge in [-0.05, 0) is 54.9 Å². The molecule has 33 heavy (non-hydrogen) atoms.